The molecule has 0 saturated heterocycles. The fourth-order valence-electron chi connectivity index (χ4n) is 4.80. The number of quaternary nitrogens is 1. The van der Waals surface area contributed by atoms with Crippen LogP contribution in [0.5, 0.6) is 0 Å². The number of unbranched alkanes of at least 4 members (excludes halogenated alkanes) is 11. The first kappa shape index (κ1) is 51.9. The first-order valence-corrected chi connectivity index (χ1v) is 22.0. The molecule has 0 saturated carbocycles. The SMILES string of the molecule is CC/C=C/C=C/C=C/CCCCCCCC(=O)OC(COC(=O)CCCCCCC/C=C/C=C/C=C/C=C/C=C/CCC)COP(=O)([O-])OCC[N+](C)(C)C. The Morgan fingerprint density at radius 2 is 1.04 bits per heavy atom. The largest absolute Gasteiger partial charge is 0.756 e. The summed E-state index contributed by atoms with van der Waals surface area (Å²) in [7, 11) is 1.11. The van der Waals surface area contributed by atoms with Crippen LogP contribution in [0.4, 0.5) is 0 Å². The second-order valence-corrected chi connectivity index (χ2v) is 15.9. The van der Waals surface area contributed by atoms with Crippen LogP contribution in [0, 0.1) is 0 Å². The van der Waals surface area contributed by atoms with E-state index in [1.54, 1.807) is 0 Å². The Morgan fingerprint density at radius 3 is 1.55 bits per heavy atom. The maximum atomic E-state index is 12.6. The quantitative estimate of drug-likeness (QED) is 0.0205. The minimum absolute atomic E-state index is 0.0461. The molecular weight excluding hydrogens is 713 g/mol. The van der Waals surface area contributed by atoms with Gasteiger partial charge in [0.1, 0.15) is 19.8 Å². The molecular formula is C45H74NO8P. The van der Waals surface area contributed by atoms with Crippen molar-refractivity contribution in [1.82, 2.24) is 0 Å². The number of likely N-dealkylation sites (N-methyl/N-ethyl adjacent to an activating group) is 1. The van der Waals surface area contributed by atoms with Gasteiger partial charge in [-0.2, -0.15) is 0 Å². The van der Waals surface area contributed by atoms with Crippen molar-refractivity contribution in [3.63, 3.8) is 0 Å². The lowest BCUT2D eigenvalue weighted by atomic mass is 10.1. The van der Waals surface area contributed by atoms with Gasteiger partial charge in [-0.25, -0.2) is 0 Å². The van der Waals surface area contributed by atoms with Gasteiger partial charge in [-0.15, -0.1) is 0 Å². The van der Waals surface area contributed by atoms with Gasteiger partial charge in [-0.3, -0.25) is 14.2 Å². The van der Waals surface area contributed by atoms with Crippen molar-refractivity contribution in [3.8, 4) is 0 Å². The number of carbonyl (C=O) groups excluding carboxylic acids is 2. The molecule has 2 unspecified atom stereocenters. The Balaban J connectivity index is 4.50. The Labute approximate surface area is 334 Å². The molecule has 0 aromatic heterocycles. The first-order chi connectivity index (χ1) is 26.5. The second kappa shape index (κ2) is 36.6. The van der Waals surface area contributed by atoms with Crippen LogP contribution in [0.3, 0.4) is 0 Å². The minimum Gasteiger partial charge on any atom is -0.756 e. The van der Waals surface area contributed by atoms with Crippen LogP contribution in [0.15, 0.2) is 97.2 Å². The number of hydrogen-bond acceptors (Lipinski definition) is 8. The summed E-state index contributed by atoms with van der Waals surface area (Å²) >= 11 is 0. The van der Waals surface area contributed by atoms with Crippen molar-refractivity contribution in [2.75, 3.05) is 47.5 Å². The van der Waals surface area contributed by atoms with E-state index in [4.69, 9.17) is 18.5 Å². The van der Waals surface area contributed by atoms with E-state index in [0.29, 0.717) is 23.9 Å². The number of esters is 2. The lowest BCUT2D eigenvalue weighted by Crippen LogP contribution is -2.37. The van der Waals surface area contributed by atoms with E-state index >= 15 is 0 Å². The zero-order valence-corrected chi connectivity index (χ0v) is 35.7. The Bertz CT molecular complexity index is 1260. The molecule has 0 aliphatic carbocycles. The summed E-state index contributed by atoms with van der Waals surface area (Å²) in [6, 6.07) is 0. The molecule has 0 fully saturated rings. The molecule has 0 aliphatic rings. The number of rotatable bonds is 35. The third-order valence-corrected chi connectivity index (χ3v) is 8.97. The van der Waals surface area contributed by atoms with Gasteiger partial charge in [0, 0.05) is 12.8 Å². The van der Waals surface area contributed by atoms with Crippen LogP contribution in [-0.2, 0) is 32.7 Å². The fraction of sp³-hybridized carbons (Fsp3) is 0.600. The average Bonchev–Trinajstić information content (AvgIpc) is 3.13. The van der Waals surface area contributed by atoms with E-state index < -0.39 is 32.5 Å². The number of phosphoric acid groups is 1. The summed E-state index contributed by atoms with van der Waals surface area (Å²) in [6.45, 7) is 3.91. The van der Waals surface area contributed by atoms with E-state index in [9.17, 15) is 19.0 Å². The number of allylic oxidation sites excluding steroid dienone is 16. The van der Waals surface area contributed by atoms with Gasteiger partial charge in [0.05, 0.1) is 27.7 Å². The average molecular weight is 788 g/mol. The van der Waals surface area contributed by atoms with Gasteiger partial charge in [-0.1, -0.05) is 156 Å². The van der Waals surface area contributed by atoms with Gasteiger partial charge < -0.3 is 27.9 Å². The lowest BCUT2D eigenvalue weighted by molar-refractivity contribution is -0.870. The molecule has 2 atom stereocenters. The molecule has 0 heterocycles. The Kier molecular flexibility index (Phi) is 34.5. The van der Waals surface area contributed by atoms with Crippen molar-refractivity contribution in [2.45, 2.75) is 129 Å². The van der Waals surface area contributed by atoms with Crippen molar-refractivity contribution in [2.24, 2.45) is 0 Å². The van der Waals surface area contributed by atoms with E-state index in [-0.39, 0.29) is 26.1 Å². The summed E-state index contributed by atoms with van der Waals surface area (Å²) in [4.78, 5) is 37.4. The van der Waals surface area contributed by atoms with Gasteiger partial charge in [0.2, 0.25) is 0 Å². The summed E-state index contributed by atoms with van der Waals surface area (Å²) < 4.78 is 33.8. The third-order valence-electron chi connectivity index (χ3n) is 8.01. The van der Waals surface area contributed by atoms with Gasteiger partial charge in [0.15, 0.2) is 6.10 Å². The molecule has 0 bridgehead atoms. The molecule has 0 aliphatic heterocycles. The van der Waals surface area contributed by atoms with Crippen LogP contribution in [0.1, 0.15) is 123 Å². The lowest BCUT2D eigenvalue weighted by Gasteiger charge is -2.28. The molecule has 0 spiro atoms. The molecule has 0 rings (SSSR count). The highest BCUT2D eigenvalue weighted by Crippen LogP contribution is 2.38. The molecule has 0 aromatic carbocycles. The highest BCUT2D eigenvalue weighted by atomic mass is 31.2. The summed E-state index contributed by atoms with van der Waals surface area (Å²) in [5.41, 5.74) is 0. The van der Waals surface area contributed by atoms with Crippen LogP contribution in [-0.4, -0.2) is 70.0 Å². The summed E-state index contributed by atoms with van der Waals surface area (Å²) in [6.07, 6.45) is 47.1. The zero-order chi connectivity index (χ0) is 40.7. The van der Waals surface area contributed by atoms with E-state index in [1.807, 2.05) is 75.8 Å². The first-order valence-electron chi connectivity index (χ1n) is 20.5. The molecule has 10 heteroatoms. The maximum Gasteiger partial charge on any atom is 0.306 e. The number of ether oxygens (including phenoxy) is 2. The van der Waals surface area contributed by atoms with Crippen LogP contribution in [0.2, 0.25) is 0 Å². The van der Waals surface area contributed by atoms with E-state index in [2.05, 4.69) is 56.4 Å². The van der Waals surface area contributed by atoms with Crippen LogP contribution < -0.4 is 4.89 Å². The number of phosphoric ester groups is 1. The second-order valence-electron chi connectivity index (χ2n) is 14.4. The van der Waals surface area contributed by atoms with Crippen molar-refractivity contribution in [3.05, 3.63) is 97.2 Å². The standard InChI is InChI=1S/C45H74NO8P/c1-6-8-10-12-14-16-18-20-21-22-23-24-26-27-29-31-33-35-37-44(47)51-41-43(42-53-55(49,50)52-40-39-46(3,4)5)54-45(48)38-36-34-32-30-28-25-19-17-15-13-11-9-7-2/h9-24,43H,6-8,25-42H2,1-5H3/b11-9+,12-10+,15-13+,16-14+,19-17+,20-18+,22-21+,24-23+. The Hall–Kier alpha value is -3.07. The molecule has 9 nitrogen and oxygen atoms in total. The van der Waals surface area contributed by atoms with Crippen molar-refractivity contribution < 1.29 is 42.1 Å². The van der Waals surface area contributed by atoms with Gasteiger partial charge in [0.25, 0.3) is 7.82 Å². The normalized spacial score (nSPS) is 14.7. The van der Waals surface area contributed by atoms with E-state index in [1.165, 1.54) is 0 Å². The monoisotopic (exact) mass is 788 g/mol. The molecule has 0 aromatic rings. The highest BCUT2D eigenvalue weighted by Gasteiger charge is 2.21. The smallest absolute Gasteiger partial charge is 0.306 e. The van der Waals surface area contributed by atoms with Crippen molar-refractivity contribution >= 4 is 19.8 Å². The predicted octanol–water partition coefficient (Wildman–Crippen LogP) is 10.8. The number of nitrogens with zero attached hydrogens (tertiary/aromatic N) is 1. The number of carbonyl (C=O) groups is 2. The molecule has 0 amide bonds. The van der Waals surface area contributed by atoms with Crippen LogP contribution >= 0.6 is 7.82 Å². The molecule has 312 valence electrons. The zero-order valence-electron chi connectivity index (χ0n) is 34.8. The maximum absolute atomic E-state index is 12.6. The third kappa shape index (κ3) is 40.4. The predicted molar refractivity (Wildman–Crippen MR) is 226 cm³/mol. The highest BCUT2D eigenvalue weighted by molar-refractivity contribution is 7.45. The van der Waals surface area contributed by atoms with E-state index in [0.717, 1.165) is 83.5 Å². The van der Waals surface area contributed by atoms with Gasteiger partial charge in [-0.05, 0) is 51.4 Å². The number of hydrogen-bond donors (Lipinski definition) is 0. The Morgan fingerprint density at radius 1 is 0.582 bits per heavy atom. The van der Waals surface area contributed by atoms with Crippen LogP contribution in [0.25, 0.3) is 0 Å². The fourth-order valence-corrected chi connectivity index (χ4v) is 5.53. The van der Waals surface area contributed by atoms with Crippen molar-refractivity contribution in [1.29, 1.82) is 0 Å². The molecule has 0 N–H and O–H groups in total. The summed E-state index contributed by atoms with van der Waals surface area (Å²) in [5, 5.41) is 0. The molecule has 55 heavy (non-hydrogen) atoms. The topological polar surface area (TPSA) is 111 Å². The summed E-state index contributed by atoms with van der Waals surface area (Å²) in [5.74, 6) is -0.901. The minimum atomic E-state index is -4.64. The van der Waals surface area contributed by atoms with Gasteiger partial charge >= 0.3 is 11.9 Å². The molecule has 0 radical (unpaired) electrons.